The Morgan fingerprint density at radius 1 is 0.500 bits per heavy atom. The number of benzene rings is 4. The number of ether oxygens (including phenoxy) is 1. The standard InChI is InChI=1S/C71H116N4O5S2/c1-15-17-19-21-23-25-27-29-31-34-46-75(47-35-32-30-28-26-24-22-20-18-16-2)63-41-38-61(39-42-63)73-66-43-40-62(74-82(78,79)69-64(56(5)6)50-59(55(3)4)51-65(69)57(7)8)52-68(66)81(76,77)72-45-33-36-48-80-67-44-37-58(53-70(9,10)11)49-60(67)54-71(12,13)14/h37-44,49-52,55-57,72-74H,15-36,45-48,53-54H2,1-14H3. The average Bonchev–Trinajstić information content (AvgIpc) is 3.61. The van der Waals surface area contributed by atoms with Gasteiger partial charge in [0.1, 0.15) is 10.6 Å². The van der Waals surface area contributed by atoms with Crippen LogP contribution in [0.4, 0.5) is 22.7 Å². The molecule has 0 spiro atoms. The molecule has 0 amide bonds. The summed E-state index contributed by atoms with van der Waals surface area (Å²) in [7, 11) is -8.33. The van der Waals surface area contributed by atoms with Crippen LogP contribution in [0.25, 0.3) is 0 Å². The van der Waals surface area contributed by atoms with Gasteiger partial charge in [-0.3, -0.25) is 4.72 Å². The third-order valence-corrected chi connectivity index (χ3v) is 18.7. The fourth-order valence-corrected chi connectivity index (χ4v) is 14.1. The maximum atomic E-state index is 14.7. The van der Waals surface area contributed by atoms with Crippen LogP contribution in [0.3, 0.4) is 0 Å². The fourth-order valence-electron chi connectivity index (χ4n) is 11.1. The molecule has 0 fully saturated rings. The lowest BCUT2D eigenvalue weighted by Crippen LogP contribution is -2.26. The minimum absolute atomic E-state index is 0.0398. The van der Waals surface area contributed by atoms with E-state index in [0.717, 1.165) is 66.9 Å². The maximum absolute atomic E-state index is 14.7. The van der Waals surface area contributed by atoms with Gasteiger partial charge in [-0.1, -0.05) is 237 Å². The van der Waals surface area contributed by atoms with Gasteiger partial charge in [-0.05, 0) is 143 Å². The molecule has 11 heteroatoms. The van der Waals surface area contributed by atoms with Crippen molar-refractivity contribution in [2.45, 2.75) is 279 Å². The first-order chi connectivity index (χ1) is 38.8. The lowest BCUT2D eigenvalue weighted by molar-refractivity contribution is 0.298. The van der Waals surface area contributed by atoms with E-state index in [9.17, 15) is 16.8 Å². The number of nitrogens with zero attached hydrogens (tertiary/aromatic N) is 1. The Balaban J connectivity index is 1.58. The number of unbranched alkanes of at least 4 members (excludes halogenated alkanes) is 19. The normalized spacial score (nSPS) is 12.5. The van der Waals surface area contributed by atoms with Crippen LogP contribution in [-0.2, 0) is 32.9 Å². The predicted octanol–water partition coefficient (Wildman–Crippen LogP) is 20.6. The first kappa shape index (κ1) is 70.4. The summed E-state index contributed by atoms with van der Waals surface area (Å²) in [6, 6.07) is 23.7. The van der Waals surface area contributed by atoms with Crippen molar-refractivity contribution >= 4 is 42.8 Å². The van der Waals surface area contributed by atoms with E-state index < -0.39 is 20.0 Å². The van der Waals surface area contributed by atoms with E-state index in [-0.39, 0.29) is 50.6 Å². The number of hydrogen-bond donors (Lipinski definition) is 3. The molecule has 82 heavy (non-hydrogen) atoms. The molecule has 0 bridgehead atoms. The first-order valence-corrected chi connectivity index (χ1v) is 35.5. The highest BCUT2D eigenvalue weighted by Gasteiger charge is 2.29. The van der Waals surface area contributed by atoms with Crippen molar-refractivity contribution in [2.75, 3.05) is 41.2 Å². The SMILES string of the molecule is CCCCCCCCCCCCN(CCCCCCCCCCCC)c1ccc(Nc2ccc(NS(=O)(=O)c3c(C(C)C)cc(C(C)C)cc3C(C)C)cc2S(=O)(=O)NCCCCOc2ccc(CC(C)(C)C)cc2CC(C)(C)C)cc1. The molecule has 4 aromatic rings. The zero-order valence-corrected chi connectivity index (χ0v) is 55.9. The first-order valence-electron chi connectivity index (χ1n) is 32.5. The Labute approximate surface area is 503 Å². The van der Waals surface area contributed by atoms with Gasteiger partial charge in [0.15, 0.2) is 0 Å². The Hall–Kier alpha value is -4.06. The summed E-state index contributed by atoms with van der Waals surface area (Å²) < 4.78 is 70.8. The van der Waals surface area contributed by atoms with Crippen molar-refractivity contribution in [3.05, 3.63) is 101 Å². The van der Waals surface area contributed by atoms with Crippen LogP contribution in [0.2, 0.25) is 0 Å². The Morgan fingerprint density at radius 2 is 0.988 bits per heavy atom. The lowest BCUT2D eigenvalue weighted by atomic mass is 9.84. The molecule has 0 aliphatic rings. The molecule has 0 saturated carbocycles. The lowest BCUT2D eigenvalue weighted by Gasteiger charge is -2.25. The van der Waals surface area contributed by atoms with E-state index in [0.29, 0.717) is 25.1 Å². The molecule has 3 N–H and O–H groups in total. The van der Waals surface area contributed by atoms with E-state index in [2.05, 4.69) is 119 Å². The minimum Gasteiger partial charge on any atom is -0.493 e. The summed E-state index contributed by atoms with van der Waals surface area (Å²) in [6.07, 6.45) is 29.2. The fraction of sp³-hybridized carbons (Fsp3) is 0.662. The number of nitrogens with one attached hydrogen (secondary N) is 3. The summed E-state index contributed by atoms with van der Waals surface area (Å²) >= 11 is 0. The van der Waals surface area contributed by atoms with Gasteiger partial charge in [-0.15, -0.1) is 0 Å². The van der Waals surface area contributed by atoms with E-state index in [1.54, 1.807) is 12.1 Å². The van der Waals surface area contributed by atoms with Crippen LogP contribution >= 0.6 is 0 Å². The largest absolute Gasteiger partial charge is 0.493 e. The van der Waals surface area contributed by atoms with Crippen molar-refractivity contribution in [3.63, 3.8) is 0 Å². The van der Waals surface area contributed by atoms with Crippen LogP contribution in [0, 0.1) is 10.8 Å². The highest BCUT2D eigenvalue weighted by Crippen LogP contribution is 2.38. The molecule has 0 aliphatic heterocycles. The monoisotopic (exact) mass is 1170 g/mol. The zero-order chi connectivity index (χ0) is 60.4. The molecule has 0 aromatic heterocycles. The summed E-state index contributed by atoms with van der Waals surface area (Å²) in [6.45, 7) is 33.0. The van der Waals surface area contributed by atoms with Gasteiger partial charge in [-0.25, -0.2) is 21.6 Å². The van der Waals surface area contributed by atoms with Crippen LogP contribution < -0.4 is 24.4 Å². The second-order valence-electron chi connectivity index (χ2n) is 27.2. The average molecular weight is 1170 g/mol. The van der Waals surface area contributed by atoms with E-state index >= 15 is 0 Å². The van der Waals surface area contributed by atoms with Gasteiger partial charge in [0.25, 0.3) is 10.0 Å². The van der Waals surface area contributed by atoms with Gasteiger partial charge >= 0.3 is 0 Å². The summed E-state index contributed by atoms with van der Waals surface area (Å²) in [5, 5.41) is 3.44. The Morgan fingerprint density at radius 3 is 1.46 bits per heavy atom. The quantitative estimate of drug-likeness (QED) is 0.0379. The molecular formula is C71H116N4O5S2. The third kappa shape index (κ3) is 25.7. The molecule has 0 heterocycles. The highest BCUT2D eigenvalue weighted by atomic mass is 32.2. The van der Waals surface area contributed by atoms with E-state index in [1.165, 1.54) is 138 Å². The van der Waals surface area contributed by atoms with Gasteiger partial charge < -0.3 is 15.0 Å². The highest BCUT2D eigenvalue weighted by molar-refractivity contribution is 7.93. The topological polar surface area (TPSA) is 117 Å². The van der Waals surface area contributed by atoms with E-state index in [1.807, 2.05) is 52.0 Å². The van der Waals surface area contributed by atoms with Crippen molar-refractivity contribution in [1.29, 1.82) is 0 Å². The number of anilines is 4. The number of sulfonamides is 2. The molecule has 0 atom stereocenters. The van der Waals surface area contributed by atoms with Gasteiger partial charge in [0, 0.05) is 31.0 Å². The molecule has 0 radical (unpaired) electrons. The molecule has 4 aromatic carbocycles. The zero-order valence-electron chi connectivity index (χ0n) is 54.3. The van der Waals surface area contributed by atoms with Gasteiger partial charge in [0.05, 0.1) is 22.9 Å². The molecule has 9 nitrogen and oxygen atoms in total. The second kappa shape index (κ2) is 35.4. The van der Waals surface area contributed by atoms with Gasteiger partial charge in [0.2, 0.25) is 10.0 Å². The number of rotatable bonds is 41. The Kier molecular flexibility index (Phi) is 30.4. The maximum Gasteiger partial charge on any atom is 0.262 e. The molecule has 4 rings (SSSR count). The van der Waals surface area contributed by atoms with Crippen molar-refractivity contribution in [2.24, 2.45) is 10.8 Å². The molecule has 0 unspecified atom stereocenters. The molecule has 0 aliphatic carbocycles. The van der Waals surface area contributed by atoms with Gasteiger partial charge in [-0.2, -0.15) is 0 Å². The van der Waals surface area contributed by atoms with Crippen LogP contribution in [0.1, 0.15) is 284 Å². The second-order valence-corrected chi connectivity index (χ2v) is 30.6. The molecule has 0 saturated heterocycles. The molecular weight excluding hydrogens is 1050 g/mol. The Bertz CT molecular complexity index is 2630. The third-order valence-electron chi connectivity index (χ3n) is 15.6. The van der Waals surface area contributed by atoms with E-state index in [4.69, 9.17) is 4.74 Å². The van der Waals surface area contributed by atoms with Crippen molar-refractivity contribution in [3.8, 4) is 5.75 Å². The minimum atomic E-state index is -4.17. The summed E-state index contributed by atoms with van der Waals surface area (Å²) in [5.74, 6) is 0.960. The van der Waals surface area contributed by atoms with Crippen LogP contribution in [0.15, 0.2) is 82.6 Å². The summed E-state index contributed by atoms with van der Waals surface area (Å²) in [4.78, 5) is 2.77. The smallest absolute Gasteiger partial charge is 0.262 e. The predicted molar refractivity (Wildman–Crippen MR) is 354 cm³/mol. The number of hydrogen-bond acceptors (Lipinski definition) is 7. The molecule has 462 valence electrons. The van der Waals surface area contributed by atoms with Crippen molar-refractivity contribution in [1.82, 2.24) is 4.72 Å². The van der Waals surface area contributed by atoms with Crippen LogP contribution in [-0.4, -0.2) is 43.1 Å². The summed E-state index contributed by atoms with van der Waals surface area (Å²) in [5.41, 5.74) is 7.76. The van der Waals surface area contributed by atoms with Crippen molar-refractivity contribution < 1.29 is 21.6 Å². The van der Waals surface area contributed by atoms with Crippen LogP contribution in [0.5, 0.6) is 5.75 Å².